The molecule has 0 aliphatic carbocycles. The lowest BCUT2D eigenvalue weighted by Gasteiger charge is -2.10. The Morgan fingerprint density at radius 1 is 0.889 bits per heavy atom. The van der Waals surface area contributed by atoms with Crippen molar-refractivity contribution in [2.75, 3.05) is 0 Å². The van der Waals surface area contributed by atoms with Gasteiger partial charge in [-0.1, -0.05) is 51.5 Å². The van der Waals surface area contributed by atoms with Crippen molar-refractivity contribution in [1.82, 2.24) is 0 Å². The van der Waals surface area contributed by atoms with E-state index in [2.05, 4.69) is 6.92 Å². The molecule has 0 saturated heterocycles. The van der Waals surface area contributed by atoms with Crippen LogP contribution < -0.4 is 4.74 Å². The number of unbranched alkanes of at least 4 members (excludes halogenated alkanes) is 6. The van der Waals surface area contributed by atoms with Crippen LogP contribution in [0, 0.1) is 0 Å². The van der Waals surface area contributed by atoms with E-state index in [0.717, 1.165) is 18.4 Å². The molecule has 2 rings (SSSR count). The molecule has 0 unspecified atom stereocenters. The monoisotopic (exact) mass is 392 g/mol. The minimum absolute atomic E-state index is 0.0503. The van der Waals surface area contributed by atoms with Crippen molar-refractivity contribution in [3.63, 3.8) is 0 Å². The zero-order valence-electron chi connectivity index (χ0n) is 15.7. The van der Waals surface area contributed by atoms with Crippen LogP contribution in [0.25, 0.3) is 0 Å². The van der Waals surface area contributed by atoms with E-state index >= 15 is 0 Å². The van der Waals surface area contributed by atoms with Gasteiger partial charge in [-0.3, -0.25) is 4.55 Å². The van der Waals surface area contributed by atoms with Gasteiger partial charge in [0.1, 0.15) is 5.75 Å². The highest BCUT2D eigenvalue weighted by Crippen LogP contribution is 2.32. The topological polar surface area (TPSA) is 83.8 Å². The van der Waals surface area contributed by atoms with E-state index in [-0.39, 0.29) is 10.6 Å². The molecule has 0 bridgehead atoms. The zero-order valence-corrected chi connectivity index (χ0v) is 16.5. The maximum Gasteiger partial charge on any atom is 0.294 e. The van der Waals surface area contributed by atoms with Gasteiger partial charge in [-0.05, 0) is 54.8 Å². The summed E-state index contributed by atoms with van der Waals surface area (Å²) < 4.78 is 36.6. The molecule has 0 radical (unpaired) electrons. The van der Waals surface area contributed by atoms with Crippen LogP contribution in [0.3, 0.4) is 0 Å². The van der Waals surface area contributed by atoms with Crippen molar-refractivity contribution in [3.05, 3.63) is 48.0 Å². The lowest BCUT2D eigenvalue weighted by molar-refractivity contribution is 0.410. The summed E-state index contributed by atoms with van der Waals surface area (Å²) in [6.45, 7) is 2.22. The van der Waals surface area contributed by atoms with Crippen molar-refractivity contribution in [1.29, 1.82) is 0 Å². The number of aryl methyl sites for hydroxylation is 1. The van der Waals surface area contributed by atoms with Crippen molar-refractivity contribution in [3.8, 4) is 17.2 Å². The third kappa shape index (κ3) is 7.23. The van der Waals surface area contributed by atoms with Crippen LogP contribution in [0.5, 0.6) is 17.2 Å². The molecule has 0 fully saturated rings. The van der Waals surface area contributed by atoms with Crippen molar-refractivity contribution in [2.45, 2.75) is 63.2 Å². The Labute approximate surface area is 161 Å². The van der Waals surface area contributed by atoms with E-state index in [1.165, 1.54) is 62.8 Å². The highest BCUT2D eigenvalue weighted by molar-refractivity contribution is 7.85. The van der Waals surface area contributed by atoms with Crippen LogP contribution in [0.15, 0.2) is 47.4 Å². The molecule has 5 nitrogen and oxygen atoms in total. The van der Waals surface area contributed by atoms with E-state index in [1.54, 1.807) is 12.1 Å². The summed E-state index contributed by atoms with van der Waals surface area (Å²) in [5.74, 6) is 0.727. The first-order valence-corrected chi connectivity index (χ1v) is 10.9. The van der Waals surface area contributed by atoms with Crippen molar-refractivity contribution in [2.24, 2.45) is 0 Å². The van der Waals surface area contributed by atoms with Gasteiger partial charge in [0.2, 0.25) is 0 Å². The SMILES string of the molecule is CCCCCCCCCc1ccc(Oc2ccc(S(=O)(=O)O)cc2)c(O)c1. The maximum atomic E-state index is 11.0. The molecule has 0 aromatic heterocycles. The Bertz CT molecular complexity index is 813. The van der Waals surface area contributed by atoms with Crippen LogP contribution in [0.1, 0.15) is 57.4 Å². The van der Waals surface area contributed by atoms with Gasteiger partial charge in [0.05, 0.1) is 4.90 Å². The molecule has 2 N–H and O–H groups in total. The second-order valence-corrected chi connectivity index (χ2v) is 8.14. The maximum absolute atomic E-state index is 11.0. The Hall–Kier alpha value is -2.05. The third-order valence-corrected chi connectivity index (χ3v) is 5.31. The number of ether oxygens (including phenoxy) is 1. The zero-order chi connectivity index (χ0) is 19.7. The predicted molar refractivity (Wildman–Crippen MR) is 106 cm³/mol. The number of hydrogen-bond donors (Lipinski definition) is 2. The first kappa shape index (κ1) is 21.3. The molecule has 0 spiro atoms. The fourth-order valence-corrected chi connectivity index (χ4v) is 3.38. The van der Waals surface area contributed by atoms with E-state index < -0.39 is 10.1 Å². The highest BCUT2D eigenvalue weighted by atomic mass is 32.2. The van der Waals surface area contributed by atoms with Crippen LogP contribution in [0.4, 0.5) is 0 Å². The van der Waals surface area contributed by atoms with Gasteiger partial charge < -0.3 is 9.84 Å². The summed E-state index contributed by atoms with van der Waals surface area (Å²) in [7, 11) is -4.23. The van der Waals surface area contributed by atoms with Gasteiger partial charge >= 0.3 is 0 Å². The summed E-state index contributed by atoms with van der Waals surface area (Å²) in [6, 6.07) is 10.7. The Balaban J connectivity index is 1.85. The molecule has 0 atom stereocenters. The smallest absolute Gasteiger partial charge is 0.294 e. The predicted octanol–water partition coefficient (Wildman–Crippen LogP) is 5.72. The molecule has 0 saturated carbocycles. The fourth-order valence-electron chi connectivity index (χ4n) is 2.90. The average Bonchev–Trinajstić information content (AvgIpc) is 2.63. The number of benzene rings is 2. The van der Waals surface area contributed by atoms with Crippen molar-refractivity contribution >= 4 is 10.1 Å². The number of aromatic hydroxyl groups is 1. The van der Waals surface area contributed by atoms with Gasteiger partial charge in [0.25, 0.3) is 10.1 Å². The second-order valence-electron chi connectivity index (χ2n) is 6.72. The van der Waals surface area contributed by atoms with Crippen LogP contribution >= 0.6 is 0 Å². The Kier molecular flexibility index (Phi) is 8.13. The Morgan fingerprint density at radius 2 is 1.52 bits per heavy atom. The van der Waals surface area contributed by atoms with Gasteiger partial charge in [0, 0.05) is 0 Å². The average molecular weight is 393 g/mol. The van der Waals surface area contributed by atoms with Crippen molar-refractivity contribution < 1.29 is 22.8 Å². The number of hydrogen-bond acceptors (Lipinski definition) is 4. The Morgan fingerprint density at radius 3 is 2.11 bits per heavy atom. The molecule has 0 aliphatic rings. The third-order valence-electron chi connectivity index (χ3n) is 4.44. The first-order valence-electron chi connectivity index (χ1n) is 9.47. The fraction of sp³-hybridized carbons (Fsp3) is 0.429. The lowest BCUT2D eigenvalue weighted by Crippen LogP contribution is -1.97. The number of phenols is 1. The van der Waals surface area contributed by atoms with E-state index in [9.17, 15) is 13.5 Å². The number of rotatable bonds is 11. The molecule has 6 heteroatoms. The molecule has 2 aromatic carbocycles. The van der Waals surface area contributed by atoms with Gasteiger partial charge in [-0.2, -0.15) is 8.42 Å². The molecule has 0 aliphatic heterocycles. The quantitative estimate of drug-likeness (QED) is 0.377. The summed E-state index contributed by atoms with van der Waals surface area (Å²) in [6.07, 6.45) is 9.66. The van der Waals surface area contributed by atoms with Gasteiger partial charge in [-0.15, -0.1) is 0 Å². The largest absolute Gasteiger partial charge is 0.504 e. The normalized spacial score (nSPS) is 11.5. The minimum atomic E-state index is -4.23. The molecule has 148 valence electrons. The minimum Gasteiger partial charge on any atom is -0.504 e. The highest BCUT2D eigenvalue weighted by Gasteiger charge is 2.10. The summed E-state index contributed by atoms with van der Waals surface area (Å²) in [5, 5.41) is 10.2. The summed E-state index contributed by atoms with van der Waals surface area (Å²) >= 11 is 0. The second kappa shape index (κ2) is 10.3. The molecule has 2 aromatic rings. The standard InChI is InChI=1S/C21H28O5S/c1-2-3-4-5-6-7-8-9-17-10-15-21(20(22)16-17)26-18-11-13-19(14-12-18)27(23,24)25/h10-16,22H,2-9H2,1H3,(H,23,24,25). The van der Waals surface area contributed by atoms with E-state index in [1.807, 2.05) is 6.07 Å². The molecular formula is C21H28O5S. The first-order chi connectivity index (χ1) is 12.9. The summed E-state index contributed by atoms with van der Waals surface area (Å²) in [4.78, 5) is -0.205. The molecule has 0 heterocycles. The van der Waals surface area contributed by atoms with Crippen LogP contribution in [-0.2, 0) is 16.5 Å². The molecule has 0 amide bonds. The molecule has 27 heavy (non-hydrogen) atoms. The molecular weight excluding hydrogens is 364 g/mol. The van der Waals surface area contributed by atoms with E-state index in [4.69, 9.17) is 9.29 Å². The summed E-state index contributed by atoms with van der Waals surface area (Å²) in [5.41, 5.74) is 1.06. The lowest BCUT2D eigenvalue weighted by atomic mass is 10.0. The number of phenolic OH excluding ortho intramolecular Hbond substituents is 1. The van der Waals surface area contributed by atoms with Gasteiger partial charge in [0.15, 0.2) is 11.5 Å². The van der Waals surface area contributed by atoms with E-state index in [0.29, 0.717) is 11.5 Å². The van der Waals surface area contributed by atoms with Gasteiger partial charge in [-0.25, -0.2) is 0 Å². The van der Waals surface area contributed by atoms with Crippen LogP contribution in [-0.4, -0.2) is 18.1 Å². The van der Waals surface area contributed by atoms with Crippen LogP contribution in [0.2, 0.25) is 0 Å².